The number of imidazole rings is 1. The summed E-state index contributed by atoms with van der Waals surface area (Å²) in [4.78, 5) is 29.0. The van der Waals surface area contributed by atoms with Gasteiger partial charge < -0.3 is 14.5 Å². The molecule has 144 valence electrons. The number of pyridine rings is 1. The van der Waals surface area contributed by atoms with Crippen LogP contribution in [0.3, 0.4) is 0 Å². The molecule has 4 rings (SSSR count). The van der Waals surface area contributed by atoms with Crippen molar-refractivity contribution in [2.24, 2.45) is 0 Å². The highest BCUT2D eigenvalue weighted by molar-refractivity contribution is 5.90. The number of benzene rings is 2. The van der Waals surface area contributed by atoms with Crippen LogP contribution >= 0.6 is 0 Å². The molecule has 2 heterocycles. The lowest BCUT2D eigenvalue weighted by atomic mass is 9.99. The molecule has 0 radical (unpaired) electrons. The zero-order valence-corrected chi connectivity index (χ0v) is 15.6. The van der Waals surface area contributed by atoms with E-state index in [0.29, 0.717) is 5.65 Å². The second-order valence-corrected chi connectivity index (χ2v) is 6.49. The average molecular weight is 385 g/mol. The third-order valence-corrected chi connectivity index (χ3v) is 4.48. The van der Waals surface area contributed by atoms with E-state index in [2.05, 4.69) is 10.3 Å². The van der Waals surface area contributed by atoms with Gasteiger partial charge in [0.1, 0.15) is 5.65 Å². The predicted molar refractivity (Wildman–Crippen MR) is 108 cm³/mol. The molecule has 0 aliphatic carbocycles. The van der Waals surface area contributed by atoms with Crippen molar-refractivity contribution in [3.05, 3.63) is 108 Å². The van der Waals surface area contributed by atoms with Crippen molar-refractivity contribution < 1.29 is 14.3 Å². The Balaban J connectivity index is 1.43. The van der Waals surface area contributed by atoms with Crippen LogP contribution in [-0.2, 0) is 9.53 Å². The van der Waals surface area contributed by atoms with Crippen LogP contribution in [0.5, 0.6) is 0 Å². The third-order valence-electron chi connectivity index (χ3n) is 4.48. The molecule has 2 aromatic heterocycles. The molecule has 2 aromatic carbocycles. The van der Waals surface area contributed by atoms with Crippen molar-refractivity contribution in [1.82, 2.24) is 14.7 Å². The summed E-state index contributed by atoms with van der Waals surface area (Å²) in [6.45, 7) is -0.386. The van der Waals surface area contributed by atoms with Crippen LogP contribution in [0.2, 0.25) is 0 Å². The van der Waals surface area contributed by atoms with Gasteiger partial charge in [-0.05, 0) is 23.3 Å². The van der Waals surface area contributed by atoms with Gasteiger partial charge in [-0.25, -0.2) is 9.78 Å². The van der Waals surface area contributed by atoms with Crippen LogP contribution in [0.4, 0.5) is 0 Å². The maximum Gasteiger partial charge on any atom is 0.359 e. The second kappa shape index (κ2) is 8.39. The van der Waals surface area contributed by atoms with Gasteiger partial charge in [0.25, 0.3) is 5.91 Å². The molecule has 4 aromatic rings. The average Bonchev–Trinajstić information content (AvgIpc) is 3.21. The first-order valence-corrected chi connectivity index (χ1v) is 9.21. The Morgan fingerprint density at radius 3 is 2.14 bits per heavy atom. The summed E-state index contributed by atoms with van der Waals surface area (Å²) in [5, 5.41) is 2.94. The van der Waals surface area contributed by atoms with Crippen molar-refractivity contribution in [2.75, 3.05) is 6.61 Å². The Hall–Kier alpha value is -3.93. The van der Waals surface area contributed by atoms with E-state index in [9.17, 15) is 9.59 Å². The molecule has 0 bridgehead atoms. The molecule has 29 heavy (non-hydrogen) atoms. The minimum absolute atomic E-state index is 0.159. The van der Waals surface area contributed by atoms with E-state index in [-0.39, 0.29) is 24.2 Å². The summed E-state index contributed by atoms with van der Waals surface area (Å²) in [5.41, 5.74) is 2.68. The van der Waals surface area contributed by atoms with Crippen molar-refractivity contribution in [3.8, 4) is 0 Å². The van der Waals surface area contributed by atoms with Gasteiger partial charge >= 0.3 is 5.97 Å². The number of hydrogen-bond donors (Lipinski definition) is 1. The van der Waals surface area contributed by atoms with E-state index < -0.39 is 5.97 Å². The summed E-state index contributed by atoms with van der Waals surface area (Å²) >= 11 is 0. The fraction of sp³-hybridized carbons (Fsp3) is 0.0870. The van der Waals surface area contributed by atoms with Gasteiger partial charge in [0.05, 0.1) is 6.04 Å². The molecule has 0 aliphatic rings. The zero-order valence-electron chi connectivity index (χ0n) is 15.6. The normalized spacial score (nSPS) is 10.8. The number of hydrogen-bond acceptors (Lipinski definition) is 4. The van der Waals surface area contributed by atoms with Crippen molar-refractivity contribution in [2.45, 2.75) is 6.04 Å². The molecule has 0 atom stereocenters. The molecule has 0 saturated heterocycles. The van der Waals surface area contributed by atoms with E-state index in [4.69, 9.17) is 4.74 Å². The molecule has 6 heteroatoms. The first-order valence-electron chi connectivity index (χ1n) is 9.21. The van der Waals surface area contributed by atoms with Crippen LogP contribution in [0.25, 0.3) is 5.65 Å². The largest absolute Gasteiger partial charge is 0.451 e. The van der Waals surface area contributed by atoms with Crippen molar-refractivity contribution >= 4 is 17.5 Å². The van der Waals surface area contributed by atoms with Gasteiger partial charge in [-0.15, -0.1) is 0 Å². The van der Waals surface area contributed by atoms with Gasteiger partial charge in [-0.2, -0.15) is 0 Å². The van der Waals surface area contributed by atoms with Crippen LogP contribution in [-0.4, -0.2) is 27.9 Å². The summed E-state index contributed by atoms with van der Waals surface area (Å²) in [5.74, 6) is -1.03. The molecule has 0 unspecified atom stereocenters. The molecule has 1 amide bonds. The van der Waals surface area contributed by atoms with Gasteiger partial charge in [-0.3, -0.25) is 4.79 Å². The highest BCUT2D eigenvalue weighted by Crippen LogP contribution is 2.21. The minimum Gasteiger partial charge on any atom is -0.451 e. The third kappa shape index (κ3) is 4.32. The number of esters is 1. The first kappa shape index (κ1) is 18.4. The van der Waals surface area contributed by atoms with Gasteiger partial charge in [0, 0.05) is 12.4 Å². The van der Waals surface area contributed by atoms with Gasteiger partial charge in [0.15, 0.2) is 12.3 Å². The molecular formula is C23H19N3O3. The van der Waals surface area contributed by atoms with Gasteiger partial charge in [-0.1, -0.05) is 66.7 Å². The molecule has 1 N–H and O–H groups in total. The van der Waals surface area contributed by atoms with E-state index in [1.54, 1.807) is 22.9 Å². The minimum atomic E-state index is -0.639. The number of rotatable bonds is 6. The summed E-state index contributed by atoms with van der Waals surface area (Å²) < 4.78 is 6.88. The standard InChI is InChI=1S/C23H19N3O3/c27-21(16-29-23(28)19-15-26-14-8-7-13-20(26)24-19)25-22(17-9-3-1-4-10-17)18-11-5-2-6-12-18/h1-15,22H,16H2,(H,25,27). The van der Waals surface area contributed by atoms with E-state index >= 15 is 0 Å². The smallest absolute Gasteiger partial charge is 0.359 e. The summed E-state index contributed by atoms with van der Waals surface area (Å²) in [7, 11) is 0. The number of aromatic nitrogens is 2. The van der Waals surface area contributed by atoms with Crippen LogP contribution < -0.4 is 5.32 Å². The van der Waals surface area contributed by atoms with Crippen molar-refractivity contribution in [3.63, 3.8) is 0 Å². The number of amides is 1. The first-order chi connectivity index (χ1) is 14.2. The van der Waals surface area contributed by atoms with E-state index in [0.717, 1.165) is 11.1 Å². The highest BCUT2D eigenvalue weighted by Gasteiger charge is 2.19. The van der Waals surface area contributed by atoms with E-state index in [1.165, 1.54) is 0 Å². The Bertz CT molecular complexity index is 1050. The lowest BCUT2D eigenvalue weighted by molar-refractivity contribution is -0.124. The lowest BCUT2D eigenvalue weighted by Crippen LogP contribution is -2.33. The maximum absolute atomic E-state index is 12.5. The zero-order chi connectivity index (χ0) is 20.1. The lowest BCUT2D eigenvalue weighted by Gasteiger charge is -2.19. The number of nitrogens with one attached hydrogen (secondary N) is 1. The number of nitrogens with zero attached hydrogens (tertiary/aromatic N) is 2. The summed E-state index contributed by atoms with van der Waals surface area (Å²) in [6, 6.07) is 24.4. The second-order valence-electron chi connectivity index (χ2n) is 6.49. The number of carbonyl (C=O) groups is 2. The van der Waals surface area contributed by atoms with Crippen LogP contribution in [0.15, 0.2) is 91.3 Å². The number of fused-ring (bicyclic) bond motifs is 1. The molecule has 0 saturated carbocycles. The highest BCUT2D eigenvalue weighted by atomic mass is 16.5. The Morgan fingerprint density at radius 2 is 1.52 bits per heavy atom. The SMILES string of the molecule is O=C(COC(=O)c1cn2ccccc2n1)NC(c1ccccc1)c1ccccc1. The topological polar surface area (TPSA) is 72.7 Å². The van der Waals surface area contributed by atoms with Crippen molar-refractivity contribution in [1.29, 1.82) is 0 Å². The number of carbonyl (C=O) groups excluding carboxylic acids is 2. The fourth-order valence-electron chi connectivity index (χ4n) is 3.09. The number of ether oxygens (including phenoxy) is 1. The molecular weight excluding hydrogens is 366 g/mol. The Morgan fingerprint density at radius 1 is 0.897 bits per heavy atom. The molecule has 6 nitrogen and oxygen atoms in total. The Kier molecular flexibility index (Phi) is 5.33. The fourth-order valence-corrected chi connectivity index (χ4v) is 3.09. The monoisotopic (exact) mass is 385 g/mol. The molecule has 0 aliphatic heterocycles. The van der Waals surface area contributed by atoms with Crippen LogP contribution in [0.1, 0.15) is 27.7 Å². The Labute approximate surface area is 167 Å². The maximum atomic E-state index is 12.5. The predicted octanol–water partition coefficient (Wildman–Crippen LogP) is 3.40. The molecule has 0 fully saturated rings. The summed E-state index contributed by atoms with van der Waals surface area (Å²) in [6.07, 6.45) is 3.36. The van der Waals surface area contributed by atoms with Crippen LogP contribution in [0, 0.1) is 0 Å². The van der Waals surface area contributed by atoms with E-state index in [1.807, 2.05) is 72.8 Å². The van der Waals surface area contributed by atoms with Gasteiger partial charge in [0.2, 0.25) is 0 Å². The molecule has 0 spiro atoms. The quantitative estimate of drug-likeness (QED) is 0.517.